The van der Waals surface area contributed by atoms with Crippen LogP contribution in [0, 0.1) is 28.7 Å². The smallest absolute Gasteiger partial charge is 0.0646 e. The van der Waals surface area contributed by atoms with Crippen LogP contribution in [0.2, 0.25) is 0 Å². The Bertz CT molecular complexity index is 928. The van der Waals surface area contributed by atoms with Crippen LogP contribution in [0.15, 0.2) is 48.7 Å². The Morgan fingerprint density at radius 2 is 1.53 bits per heavy atom. The van der Waals surface area contributed by atoms with Gasteiger partial charge in [-0.25, -0.2) is 11.3 Å². The summed E-state index contributed by atoms with van der Waals surface area (Å²) < 4.78 is 1.26. The van der Waals surface area contributed by atoms with E-state index >= 15 is 0 Å². The third-order valence-electron chi connectivity index (χ3n) is 6.70. The van der Waals surface area contributed by atoms with Gasteiger partial charge in [-0.2, -0.15) is 0 Å². The molecular formula is C25H30IrNO2S-. The number of rotatable bonds is 1. The maximum Gasteiger partial charge on any atom is 0.0646 e. The van der Waals surface area contributed by atoms with Crippen LogP contribution >= 0.6 is 11.3 Å². The number of aromatic nitrogens is 1. The Balaban J connectivity index is 0.000000166. The molecule has 0 amide bonds. The Kier molecular flexibility index (Phi) is 6.91. The average molecular weight is 601 g/mol. The van der Waals surface area contributed by atoms with Crippen molar-refractivity contribution in [2.24, 2.45) is 22.7 Å². The van der Waals surface area contributed by atoms with Crippen molar-refractivity contribution >= 4 is 21.4 Å². The summed E-state index contributed by atoms with van der Waals surface area (Å²) in [7, 11) is 0. The molecule has 2 fully saturated rings. The topological polar surface area (TPSA) is 53.4 Å². The van der Waals surface area contributed by atoms with Crippen molar-refractivity contribution in [2.75, 3.05) is 0 Å². The van der Waals surface area contributed by atoms with Crippen LogP contribution < -0.4 is 0 Å². The predicted molar refractivity (Wildman–Crippen MR) is 120 cm³/mol. The Morgan fingerprint density at radius 3 is 2.07 bits per heavy atom. The van der Waals surface area contributed by atoms with Crippen molar-refractivity contribution in [3.05, 3.63) is 54.7 Å². The van der Waals surface area contributed by atoms with Gasteiger partial charge in [0.15, 0.2) is 0 Å². The first-order chi connectivity index (χ1) is 13.7. The Labute approximate surface area is 196 Å². The van der Waals surface area contributed by atoms with Crippen molar-refractivity contribution in [3.63, 3.8) is 0 Å². The molecule has 2 saturated carbocycles. The molecule has 0 saturated heterocycles. The van der Waals surface area contributed by atoms with Gasteiger partial charge in [0.1, 0.15) is 0 Å². The molecule has 2 aromatic heterocycles. The fraction of sp³-hybridized carbons (Fsp3) is 0.480. The van der Waals surface area contributed by atoms with Gasteiger partial charge in [-0.1, -0.05) is 52.0 Å². The van der Waals surface area contributed by atoms with Gasteiger partial charge >= 0.3 is 0 Å². The summed E-state index contributed by atoms with van der Waals surface area (Å²) >= 11 is 1.73. The number of thiophene rings is 1. The molecule has 5 heteroatoms. The molecule has 3 aromatic rings. The van der Waals surface area contributed by atoms with Crippen molar-refractivity contribution < 1.29 is 30.3 Å². The fourth-order valence-electron chi connectivity index (χ4n) is 5.20. The summed E-state index contributed by atoms with van der Waals surface area (Å²) in [6, 6.07) is 17.6. The summed E-state index contributed by atoms with van der Waals surface area (Å²) in [5, 5.41) is 21.5. The summed E-state index contributed by atoms with van der Waals surface area (Å²) in [4.78, 5) is 5.43. The molecule has 1 aromatic carbocycles. The number of hydrogen-bond donors (Lipinski definition) is 2. The minimum atomic E-state index is -0.329. The third kappa shape index (κ3) is 4.42. The van der Waals surface area contributed by atoms with E-state index in [-0.39, 0.29) is 49.1 Å². The predicted octanol–water partition coefficient (Wildman–Crippen LogP) is 5.56. The van der Waals surface area contributed by atoms with Crippen molar-refractivity contribution in [1.29, 1.82) is 0 Å². The van der Waals surface area contributed by atoms with Crippen molar-refractivity contribution in [3.8, 4) is 10.6 Å². The maximum absolute atomic E-state index is 10.2. The van der Waals surface area contributed by atoms with Crippen LogP contribution in [0.5, 0.6) is 0 Å². The standard InChI is InChI=1S/C13H8NS.C12H22O2.Ir/c1-2-7-12-10(5-1)9-13(15-12)11-6-3-4-8-14-11;1-11(2)5-7-6-12(3,4)10(14)8(7)9(11)13;/h1-8H;7-10,13-14H,5-6H2,1-4H3;/q-1;;. The number of aliphatic hydroxyl groups is 2. The zero-order valence-electron chi connectivity index (χ0n) is 17.9. The van der Waals surface area contributed by atoms with E-state index < -0.39 is 0 Å². The molecule has 2 atom stereocenters. The number of fused-ring (bicyclic) bond motifs is 2. The molecular weight excluding hydrogens is 571 g/mol. The summed E-state index contributed by atoms with van der Waals surface area (Å²) in [6.07, 6.45) is 3.26. The number of benzene rings is 1. The molecule has 2 unspecified atom stereocenters. The van der Waals surface area contributed by atoms with Crippen LogP contribution in [0.1, 0.15) is 40.5 Å². The van der Waals surface area contributed by atoms with E-state index in [0.717, 1.165) is 23.4 Å². The SMILES string of the molecule is CC1(C)CC2CC(C)(C)C(O)C2C1O.[Ir].[c-]1c(-c2ccccn2)sc2ccccc12. The van der Waals surface area contributed by atoms with Crippen LogP contribution in [-0.4, -0.2) is 27.4 Å². The average Bonchev–Trinajstić information content (AvgIpc) is 3.27. The molecule has 163 valence electrons. The van der Waals surface area contributed by atoms with Gasteiger partial charge in [-0.05, 0) is 45.2 Å². The van der Waals surface area contributed by atoms with E-state index in [2.05, 4.69) is 56.9 Å². The molecule has 2 aliphatic rings. The van der Waals surface area contributed by atoms with Crippen molar-refractivity contribution in [2.45, 2.75) is 52.7 Å². The number of aliphatic hydroxyl groups excluding tert-OH is 2. The largest absolute Gasteiger partial charge is 0.392 e. The maximum atomic E-state index is 10.2. The normalized spacial score (nSPS) is 28.3. The molecule has 30 heavy (non-hydrogen) atoms. The second kappa shape index (κ2) is 8.80. The zero-order valence-corrected chi connectivity index (χ0v) is 21.1. The fourth-order valence-corrected chi connectivity index (χ4v) is 6.18. The molecule has 1 radical (unpaired) electrons. The van der Waals surface area contributed by atoms with Gasteiger partial charge in [0, 0.05) is 37.9 Å². The van der Waals surface area contributed by atoms with E-state index in [9.17, 15) is 10.2 Å². The van der Waals surface area contributed by atoms with Crippen LogP contribution in [0.4, 0.5) is 0 Å². The summed E-state index contributed by atoms with van der Waals surface area (Å²) in [6.45, 7) is 8.43. The first-order valence-corrected chi connectivity index (χ1v) is 11.2. The van der Waals surface area contributed by atoms with Crippen LogP contribution in [-0.2, 0) is 20.1 Å². The van der Waals surface area contributed by atoms with E-state index in [0.29, 0.717) is 5.92 Å². The molecule has 5 rings (SSSR count). The van der Waals surface area contributed by atoms with Crippen LogP contribution in [0.3, 0.4) is 0 Å². The summed E-state index contributed by atoms with van der Waals surface area (Å²) in [5.74, 6) is 0.630. The van der Waals surface area contributed by atoms with Gasteiger partial charge in [0.05, 0.1) is 12.2 Å². The quantitative estimate of drug-likeness (QED) is 0.360. The molecule has 0 aliphatic heterocycles. The van der Waals surface area contributed by atoms with Crippen molar-refractivity contribution in [1.82, 2.24) is 4.98 Å². The minimum absolute atomic E-state index is 0. The zero-order chi connectivity index (χ0) is 20.8. The van der Waals surface area contributed by atoms with Gasteiger partial charge in [-0.3, -0.25) is 0 Å². The van der Waals surface area contributed by atoms with E-state index in [1.807, 2.05) is 30.5 Å². The number of pyridine rings is 1. The molecule has 2 N–H and O–H groups in total. The van der Waals surface area contributed by atoms with Gasteiger partial charge < -0.3 is 15.2 Å². The third-order valence-corrected chi connectivity index (χ3v) is 7.79. The minimum Gasteiger partial charge on any atom is -0.392 e. The first-order valence-electron chi connectivity index (χ1n) is 10.4. The Hall–Kier alpha value is -1.10. The van der Waals surface area contributed by atoms with E-state index in [1.165, 1.54) is 10.1 Å². The van der Waals surface area contributed by atoms with Gasteiger partial charge in [0.2, 0.25) is 0 Å². The summed E-state index contributed by atoms with van der Waals surface area (Å²) in [5.41, 5.74) is 0.985. The first kappa shape index (κ1) is 23.6. The molecule has 2 aliphatic carbocycles. The van der Waals surface area contributed by atoms with Gasteiger partial charge in [0.25, 0.3) is 0 Å². The van der Waals surface area contributed by atoms with E-state index in [1.54, 1.807) is 11.3 Å². The Morgan fingerprint density at radius 1 is 0.933 bits per heavy atom. The number of nitrogens with zero attached hydrogens (tertiary/aromatic N) is 1. The van der Waals surface area contributed by atoms with E-state index in [4.69, 9.17) is 0 Å². The second-order valence-corrected chi connectivity index (χ2v) is 10.9. The molecule has 0 bridgehead atoms. The molecule has 2 heterocycles. The molecule has 3 nitrogen and oxygen atoms in total. The monoisotopic (exact) mass is 601 g/mol. The number of hydrogen-bond acceptors (Lipinski definition) is 4. The molecule has 0 spiro atoms. The van der Waals surface area contributed by atoms with Gasteiger partial charge in [-0.15, -0.1) is 23.6 Å². The second-order valence-electron chi connectivity index (χ2n) is 9.88. The van der Waals surface area contributed by atoms with Crippen LogP contribution in [0.25, 0.3) is 20.7 Å².